The van der Waals surface area contributed by atoms with Crippen molar-refractivity contribution in [1.29, 1.82) is 0 Å². The molecule has 0 atom stereocenters. The van der Waals surface area contributed by atoms with Crippen molar-refractivity contribution in [3.63, 3.8) is 0 Å². The van der Waals surface area contributed by atoms with E-state index < -0.39 is 16.6 Å². The Hall–Kier alpha value is -0.960. The van der Waals surface area contributed by atoms with Crippen molar-refractivity contribution in [3.8, 4) is 5.75 Å². The molecule has 0 aliphatic rings. The van der Waals surface area contributed by atoms with Crippen LogP contribution in [-0.2, 0) is 16.6 Å². The van der Waals surface area contributed by atoms with Crippen LogP contribution in [0.2, 0.25) is 5.02 Å². The van der Waals surface area contributed by atoms with Crippen LogP contribution in [0.3, 0.4) is 0 Å². The number of rotatable bonds is 8. The summed E-state index contributed by atoms with van der Waals surface area (Å²) in [6.45, 7) is -2.58. The van der Waals surface area contributed by atoms with Gasteiger partial charge in [0.1, 0.15) is 5.75 Å². The number of hydrogen-bond donors (Lipinski definition) is 1. The molecule has 0 aliphatic carbocycles. The van der Waals surface area contributed by atoms with Crippen molar-refractivity contribution < 1.29 is 21.9 Å². The van der Waals surface area contributed by atoms with Gasteiger partial charge in [-0.1, -0.05) is 11.6 Å². The van der Waals surface area contributed by atoms with Gasteiger partial charge in [-0.2, -0.15) is 8.78 Å². The van der Waals surface area contributed by atoms with E-state index in [0.717, 1.165) is 4.31 Å². The van der Waals surface area contributed by atoms with Crippen molar-refractivity contribution in [3.05, 3.63) is 28.8 Å². The van der Waals surface area contributed by atoms with Gasteiger partial charge in [0.05, 0.1) is 5.75 Å². The van der Waals surface area contributed by atoms with E-state index in [2.05, 4.69) is 10.1 Å². The molecule has 0 bridgehead atoms. The maximum Gasteiger partial charge on any atom is 0.387 e. The lowest BCUT2D eigenvalue weighted by molar-refractivity contribution is -0.0504. The van der Waals surface area contributed by atoms with Crippen LogP contribution < -0.4 is 10.1 Å². The maximum absolute atomic E-state index is 12.3. The molecule has 1 aromatic rings. The molecule has 0 aliphatic heterocycles. The molecule has 0 spiro atoms. The highest BCUT2D eigenvalue weighted by Gasteiger charge is 2.13. The number of sulfonamides is 1. The van der Waals surface area contributed by atoms with Crippen molar-refractivity contribution in [2.45, 2.75) is 13.2 Å². The molecule has 0 radical (unpaired) electrons. The van der Waals surface area contributed by atoms with E-state index in [4.69, 9.17) is 11.6 Å². The fourth-order valence-electron chi connectivity index (χ4n) is 1.50. The fourth-order valence-corrected chi connectivity index (χ4v) is 2.47. The molecule has 0 fully saturated rings. The van der Waals surface area contributed by atoms with Crippen LogP contribution in [0.25, 0.3) is 0 Å². The van der Waals surface area contributed by atoms with Gasteiger partial charge < -0.3 is 10.1 Å². The average molecular weight is 343 g/mol. The Morgan fingerprint density at radius 1 is 1.38 bits per heavy atom. The molecule has 0 amide bonds. The Bertz CT molecular complexity index is 568. The number of alkyl halides is 2. The van der Waals surface area contributed by atoms with Crippen LogP contribution in [0.4, 0.5) is 8.78 Å². The molecule has 21 heavy (non-hydrogen) atoms. The Kier molecular flexibility index (Phi) is 6.79. The minimum atomic E-state index is -3.30. The van der Waals surface area contributed by atoms with Gasteiger partial charge in [0.2, 0.25) is 10.0 Å². The van der Waals surface area contributed by atoms with E-state index in [9.17, 15) is 17.2 Å². The highest BCUT2D eigenvalue weighted by molar-refractivity contribution is 7.89. The Balaban J connectivity index is 2.61. The quantitative estimate of drug-likeness (QED) is 0.733. The molecule has 0 saturated heterocycles. The summed E-state index contributed by atoms with van der Waals surface area (Å²) < 4.78 is 53.1. The Labute approximate surface area is 127 Å². The van der Waals surface area contributed by atoms with Crippen LogP contribution in [-0.4, -0.2) is 45.7 Å². The summed E-state index contributed by atoms with van der Waals surface area (Å²) >= 11 is 5.81. The minimum Gasteiger partial charge on any atom is -0.434 e. The van der Waals surface area contributed by atoms with Crippen LogP contribution >= 0.6 is 11.6 Å². The standard InChI is InChI=1S/C12H17ClF2N2O3S/c1-17(2)21(18,19)6-5-16-8-9-7-10(13)3-4-11(9)20-12(14)15/h3-4,7,12,16H,5-6,8H2,1-2H3. The lowest BCUT2D eigenvalue weighted by atomic mass is 10.2. The summed E-state index contributed by atoms with van der Waals surface area (Å²) in [6.07, 6.45) is 0. The number of benzene rings is 1. The summed E-state index contributed by atoms with van der Waals surface area (Å²) in [4.78, 5) is 0. The average Bonchev–Trinajstić information content (AvgIpc) is 2.37. The van der Waals surface area contributed by atoms with Crippen molar-refractivity contribution in [2.75, 3.05) is 26.4 Å². The van der Waals surface area contributed by atoms with E-state index in [-0.39, 0.29) is 24.6 Å². The summed E-state index contributed by atoms with van der Waals surface area (Å²) in [5, 5.41) is 3.25. The molecule has 0 saturated carbocycles. The van der Waals surface area contributed by atoms with Gasteiger partial charge in [0, 0.05) is 37.8 Å². The zero-order valence-corrected chi connectivity index (χ0v) is 13.2. The largest absolute Gasteiger partial charge is 0.434 e. The Morgan fingerprint density at radius 2 is 2.05 bits per heavy atom. The van der Waals surface area contributed by atoms with Crippen LogP contribution in [0.5, 0.6) is 5.75 Å². The van der Waals surface area contributed by atoms with E-state index in [0.29, 0.717) is 10.6 Å². The SMILES string of the molecule is CN(C)S(=O)(=O)CCNCc1cc(Cl)ccc1OC(F)F. The first-order chi connectivity index (χ1) is 9.72. The highest BCUT2D eigenvalue weighted by atomic mass is 35.5. The lowest BCUT2D eigenvalue weighted by Gasteiger charge is -2.13. The Morgan fingerprint density at radius 3 is 2.62 bits per heavy atom. The number of ether oxygens (including phenoxy) is 1. The number of nitrogens with zero attached hydrogens (tertiary/aromatic N) is 1. The molecule has 0 heterocycles. The first kappa shape index (κ1) is 18.1. The lowest BCUT2D eigenvalue weighted by Crippen LogP contribution is -2.31. The topological polar surface area (TPSA) is 58.6 Å². The van der Waals surface area contributed by atoms with Crippen LogP contribution in [0.1, 0.15) is 5.56 Å². The van der Waals surface area contributed by atoms with E-state index in [1.165, 1.54) is 32.3 Å². The summed E-state index contributed by atoms with van der Waals surface area (Å²) in [6, 6.07) is 4.29. The molecule has 0 aromatic heterocycles. The fraction of sp³-hybridized carbons (Fsp3) is 0.500. The molecule has 1 aromatic carbocycles. The smallest absolute Gasteiger partial charge is 0.387 e. The second-order valence-corrected chi connectivity index (χ2v) is 7.14. The molecule has 5 nitrogen and oxygen atoms in total. The van der Waals surface area contributed by atoms with Crippen molar-refractivity contribution in [1.82, 2.24) is 9.62 Å². The van der Waals surface area contributed by atoms with E-state index >= 15 is 0 Å². The maximum atomic E-state index is 12.3. The summed E-state index contributed by atoms with van der Waals surface area (Å²) in [5.74, 6) is -0.0802. The molecular weight excluding hydrogens is 326 g/mol. The molecular formula is C12H17ClF2N2O3S. The van der Waals surface area contributed by atoms with Gasteiger partial charge in [-0.05, 0) is 18.2 Å². The second-order valence-electron chi connectivity index (χ2n) is 4.41. The zero-order valence-electron chi connectivity index (χ0n) is 11.6. The number of halogens is 3. The number of hydrogen-bond acceptors (Lipinski definition) is 4. The molecule has 120 valence electrons. The molecule has 1 N–H and O–H groups in total. The summed E-state index contributed by atoms with van der Waals surface area (Å²) in [7, 11) is -0.406. The third-order valence-electron chi connectivity index (χ3n) is 2.65. The molecule has 9 heteroatoms. The van der Waals surface area contributed by atoms with Crippen LogP contribution in [0.15, 0.2) is 18.2 Å². The monoisotopic (exact) mass is 342 g/mol. The van der Waals surface area contributed by atoms with E-state index in [1.807, 2.05) is 0 Å². The predicted octanol–water partition coefficient (Wildman–Crippen LogP) is 1.92. The third kappa shape index (κ3) is 6.13. The molecule has 1 rings (SSSR count). The zero-order chi connectivity index (χ0) is 16.0. The normalized spacial score (nSPS) is 12.1. The number of nitrogens with one attached hydrogen (secondary N) is 1. The summed E-state index contributed by atoms with van der Waals surface area (Å²) in [5.41, 5.74) is 0.435. The van der Waals surface area contributed by atoms with Gasteiger partial charge in [-0.25, -0.2) is 12.7 Å². The third-order valence-corrected chi connectivity index (χ3v) is 4.71. The predicted molar refractivity (Wildman–Crippen MR) is 77.3 cm³/mol. The van der Waals surface area contributed by atoms with Crippen molar-refractivity contribution >= 4 is 21.6 Å². The van der Waals surface area contributed by atoms with Gasteiger partial charge in [0.15, 0.2) is 0 Å². The van der Waals surface area contributed by atoms with Crippen molar-refractivity contribution in [2.24, 2.45) is 0 Å². The van der Waals surface area contributed by atoms with Crippen LogP contribution in [0, 0.1) is 0 Å². The van der Waals surface area contributed by atoms with Gasteiger partial charge in [-0.3, -0.25) is 0 Å². The molecule has 0 unspecified atom stereocenters. The first-order valence-corrected chi connectivity index (χ1v) is 8.05. The highest BCUT2D eigenvalue weighted by Crippen LogP contribution is 2.24. The van der Waals surface area contributed by atoms with Gasteiger partial charge >= 0.3 is 6.61 Å². The first-order valence-electron chi connectivity index (χ1n) is 6.06. The van der Waals surface area contributed by atoms with Gasteiger partial charge in [-0.15, -0.1) is 0 Å². The minimum absolute atomic E-state index is 0.0115. The van der Waals surface area contributed by atoms with Gasteiger partial charge in [0.25, 0.3) is 0 Å². The van der Waals surface area contributed by atoms with E-state index in [1.54, 1.807) is 0 Å². The second kappa shape index (κ2) is 7.88.